The van der Waals surface area contributed by atoms with E-state index >= 15 is 0 Å². The van der Waals surface area contributed by atoms with Crippen LogP contribution in [0.4, 0.5) is 0 Å². The number of aromatic nitrogens is 1. The third-order valence-electron chi connectivity index (χ3n) is 3.23. The normalized spacial score (nSPS) is 10.2. The molecule has 1 aromatic heterocycles. The van der Waals surface area contributed by atoms with Crippen molar-refractivity contribution < 1.29 is 14.3 Å². The fourth-order valence-electron chi connectivity index (χ4n) is 2.01. The molecule has 0 radical (unpaired) electrons. The van der Waals surface area contributed by atoms with E-state index in [0.717, 1.165) is 5.69 Å². The zero-order chi connectivity index (χ0) is 15.2. The molecule has 0 bridgehead atoms. The molecule has 5 nitrogen and oxygen atoms in total. The van der Waals surface area contributed by atoms with Gasteiger partial charge in [-0.2, -0.15) is 0 Å². The number of hydrogen-bond donors (Lipinski definition) is 0. The molecular weight excluding hydrogens is 268 g/mol. The van der Waals surface area contributed by atoms with Crippen molar-refractivity contribution in [1.82, 2.24) is 9.47 Å². The SMILES string of the molecule is CCN(CC(=O)OC)C(=O)c1ccc(-n2cccc2)cc1. The van der Waals surface area contributed by atoms with Crippen LogP contribution in [0.3, 0.4) is 0 Å². The van der Waals surface area contributed by atoms with Gasteiger partial charge in [0.15, 0.2) is 0 Å². The van der Waals surface area contributed by atoms with E-state index < -0.39 is 5.97 Å². The standard InChI is InChI=1S/C16H18N2O3/c1-3-17(12-15(19)21-2)16(20)13-6-8-14(9-7-13)18-10-4-5-11-18/h4-11H,3,12H2,1-2H3. The minimum Gasteiger partial charge on any atom is -0.468 e. The summed E-state index contributed by atoms with van der Waals surface area (Å²) in [5, 5.41) is 0. The van der Waals surface area contributed by atoms with Gasteiger partial charge in [0, 0.05) is 30.2 Å². The highest BCUT2D eigenvalue weighted by Gasteiger charge is 2.17. The first kappa shape index (κ1) is 14.8. The topological polar surface area (TPSA) is 51.5 Å². The minimum atomic E-state index is -0.422. The lowest BCUT2D eigenvalue weighted by Crippen LogP contribution is -2.36. The maximum absolute atomic E-state index is 12.3. The van der Waals surface area contributed by atoms with Gasteiger partial charge >= 0.3 is 5.97 Å². The molecule has 0 aliphatic heterocycles. The predicted molar refractivity (Wildman–Crippen MR) is 79.4 cm³/mol. The zero-order valence-electron chi connectivity index (χ0n) is 12.2. The lowest BCUT2D eigenvalue weighted by Gasteiger charge is -2.19. The number of ether oxygens (including phenoxy) is 1. The molecule has 2 rings (SSSR count). The molecule has 0 aliphatic rings. The Balaban J connectivity index is 2.13. The molecular formula is C16H18N2O3. The Labute approximate surface area is 123 Å². The fourth-order valence-corrected chi connectivity index (χ4v) is 2.01. The van der Waals surface area contributed by atoms with Gasteiger partial charge in [0.2, 0.25) is 0 Å². The largest absolute Gasteiger partial charge is 0.468 e. The average Bonchev–Trinajstić information content (AvgIpc) is 3.06. The van der Waals surface area contributed by atoms with Crippen molar-refractivity contribution >= 4 is 11.9 Å². The second-order valence-electron chi connectivity index (χ2n) is 4.53. The van der Waals surface area contributed by atoms with Crippen LogP contribution in [0.2, 0.25) is 0 Å². The number of nitrogens with zero attached hydrogens (tertiary/aromatic N) is 2. The number of rotatable bonds is 5. The molecule has 0 atom stereocenters. The summed E-state index contributed by atoms with van der Waals surface area (Å²) in [4.78, 5) is 25.1. The van der Waals surface area contributed by atoms with Gasteiger partial charge < -0.3 is 14.2 Å². The monoisotopic (exact) mass is 286 g/mol. The summed E-state index contributed by atoms with van der Waals surface area (Å²) in [6.07, 6.45) is 3.87. The molecule has 1 aromatic carbocycles. The average molecular weight is 286 g/mol. The molecule has 0 saturated heterocycles. The van der Waals surface area contributed by atoms with Gasteiger partial charge in [-0.05, 0) is 43.3 Å². The van der Waals surface area contributed by atoms with Crippen LogP contribution < -0.4 is 0 Å². The maximum Gasteiger partial charge on any atom is 0.325 e. The van der Waals surface area contributed by atoms with Crippen LogP contribution in [0.5, 0.6) is 0 Å². The molecule has 5 heteroatoms. The Bertz CT molecular complexity index is 603. The second-order valence-corrected chi connectivity index (χ2v) is 4.53. The summed E-state index contributed by atoms with van der Waals surface area (Å²) in [5.74, 6) is -0.601. The van der Waals surface area contributed by atoms with Crippen molar-refractivity contribution in [2.75, 3.05) is 20.2 Å². The molecule has 110 valence electrons. The zero-order valence-corrected chi connectivity index (χ0v) is 12.2. The van der Waals surface area contributed by atoms with Gasteiger partial charge in [-0.1, -0.05) is 0 Å². The van der Waals surface area contributed by atoms with E-state index in [0.29, 0.717) is 12.1 Å². The summed E-state index contributed by atoms with van der Waals surface area (Å²) in [6, 6.07) is 11.1. The van der Waals surface area contributed by atoms with Crippen LogP contribution in [-0.2, 0) is 9.53 Å². The Morgan fingerprint density at radius 2 is 1.76 bits per heavy atom. The molecule has 1 heterocycles. The molecule has 0 unspecified atom stereocenters. The van der Waals surface area contributed by atoms with Crippen molar-refractivity contribution in [2.45, 2.75) is 6.92 Å². The number of methoxy groups -OCH3 is 1. The van der Waals surface area contributed by atoms with Gasteiger partial charge in [0.05, 0.1) is 7.11 Å². The molecule has 21 heavy (non-hydrogen) atoms. The van der Waals surface area contributed by atoms with Gasteiger partial charge in [-0.15, -0.1) is 0 Å². The van der Waals surface area contributed by atoms with Crippen molar-refractivity contribution in [3.63, 3.8) is 0 Å². The molecule has 2 aromatic rings. The highest BCUT2D eigenvalue weighted by Crippen LogP contribution is 2.12. The van der Waals surface area contributed by atoms with Gasteiger partial charge in [-0.3, -0.25) is 9.59 Å². The molecule has 1 amide bonds. The van der Waals surface area contributed by atoms with Gasteiger partial charge in [0.25, 0.3) is 5.91 Å². The summed E-state index contributed by atoms with van der Waals surface area (Å²) >= 11 is 0. The third kappa shape index (κ3) is 3.51. The summed E-state index contributed by atoms with van der Waals surface area (Å²) in [6.45, 7) is 2.24. The lowest BCUT2D eigenvalue weighted by atomic mass is 10.1. The van der Waals surface area contributed by atoms with Crippen molar-refractivity contribution in [2.24, 2.45) is 0 Å². The molecule has 0 spiro atoms. The van der Waals surface area contributed by atoms with E-state index in [-0.39, 0.29) is 12.5 Å². The lowest BCUT2D eigenvalue weighted by molar-refractivity contribution is -0.141. The number of benzene rings is 1. The van der Waals surface area contributed by atoms with E-state index in [1.807, 2.05) is 48.1 Å². The van der Waals surface area contributed by atoms with Gasteiger partial charge in [0.1, 0.15) is 6.54 Å². The highest BCUT2D eigenvalue weighted by molar-refractivity contribution is 5.96. The predicted octanol–water partition coefficient (Wildman–Crippen LogP) is 2.11. The number of likely N-dealkylation sites (N-methyl/N-ethyl adjacent to an activating group) is 1. The number of esters is 1. The van der Waals surface area contributed by atoms with E-state index in [1.54, 1.807) is 12.1 Å². The first-order valence-electron chi connectivity index (χ1n) is 6.75. The smallest absolute Gasteiger partial charge is 0.325 e. The van der Waals surface area contributed by atoms with E-state index in [9.17, 15) is 9.59 Å². The number of amides is 1. The maximum atomic E-state index is 12.3. The molecule has 0 saturated carbocycles. The van der Waals surface area contributed by atoms with Crippen LogP contribution in [-0.4, -0.2) is 41.5 Å². The van der Waals surface area contributed by atoms with Crippen LogP contribution in [0.25, 0.3) is 5.69 Å². The van der Waals surface area contributed by atoms with Gasteiger partial charge in [-0.25, -0.2) is 0 Å². The van der Waals surface area contributed by atoms with Crippen LogP contribution in [0.15, 0.2) is 48.8 Å². The molecule has 0 aliphatic carbocycles. The van der Waals surface area contributed by atoms with E-state index in [4.69, 9.17) is 0 Å². The Morgan fingerprint density at radius 3 is 2.29 bits per heavy atom. The van der Waals surface area contributed by atoms with E-state index in [1.165, 1.54) is 12.0 Å². The van der Waals surface area contributed by atoms with E-state index in [2.05, 4.69) is 4.74 Å². The summed E-state index contributed by atoms with van der Waals surface area (Å²) in [5.41, 5.74) is 1.53. The van der Waals surface area contributed by atoms with Crippen LogP contribution in [0, 0.1) is 0 Å². The van der Waals surface area contributed by atoms with Crippen molar-refractivity contribution in [3.05, 3.63) is 54.4 Å². The molecule has 0 fully saturated rings. The quantitative estimate of drug-likeness (QED) is 0.791. The summed E-state index contributed by atoms with van der Waals surface area (Å²) < 4.78 is 6.56. The Hall–Kier alpha value is -2.56. The Kier molecular flexibility index (Phi) is 4.77. The minimum absolute atomic E-state index is 0.0365. The summed E-state index contributed by atoms with van der Waals surface area (Å²) in [7, 11) is 1.31. The highest BCUT2D eigenvalue weighted by atomic mass is 16.5. The van der Waals surface area contributed by atoms with Crippen LogP contribution in [0.1, 0.15) is 17.3 Å². The first-order valence-corrected chi connectivity index (χ1v) is 6.75. The fraction of sp³-hybridized carbons (Fsp3) is 0.250. The first-order chi connectivity index (χ1) is 10.2. The molecule has 0 N–H and O–H groups in total. The van der Waals surface area contributed by atoms with Crippen molar-refractivity contribution in [1.29, 1.82) is 0 Å². The second kappa shape index (κ2) is 6.74. The third-order valence-corrected chi connectivity index (χ3v) is 3.23. The number of carbonyl (C=O) groups excluding carboxylic acids is 2. The Morgan fingerprint density at radius 1 is 1.14 bits per heavy atom. The van der Waals surface area contributed by atoms with Crippen molar-refractivity contribution in [3.8, 4) is 5.69 Å². The number of hydrogen-bond acceptors (Lipinski definition) is 3. The number of carbonyl (C=O) groups is 2. The van der Waals surface area contributed by atoms with Crippen LogP contribution >= 0.6 is 0 Å².